The van der Waals surface area contributed by atoms with Crippen molar-refractivity contribution in [2.75, 3.05) is 19.8 Å². The highest BCUT2D eigenvalue weighted by Gasteiger charge is 2.09. The molecule has 5 heteroatoms. The van der Waals surface area contributed by atoms with Gasteiger partial charge in [-0.2, -0.15) is 0 Å². The number of benzene rings is 1. The molecule has 0 spiro atoms. The van der Waals surface area contributed by atoms with Crippen LogP contribution in [0.3, 0.4) is 0 Å². The Hall–Kier alpha value is -0.910. The Kier molecular flexibility index (Phi) is 7.80. The Labute approximate surface area is 128 Å². The molecule has 2 N–H and O–H groups in total. The summed E-state index contributed by atoms with van der Waals surface area (Å²) in [6.07, 6.45) is -0.377. The first-order valence-corrected chi connectivity index (χ1v) is 7.54. The van der Waals surface area contributed by atoms with Crippen LogP contribution in [0.5, 0.6) is 0 Å². The van der Waals surface area contributed by atoms with E-state index in [9.17, 15) is 9.90 Å². The molecule has 112 valence electrons. The van der Waals surface area contributed by atoms with Gasteiger partial charge < -0.3 is 15.2 Å². The van der Waals surface area contributed by atoms with Gasteiger partial charge in [-0.1, -0.05) is 48.0 Å². The van der Waals surface area contributed by atoms with E-state index in [1.807, 2.05) is 38.1 Å². The Balaban J connectivity index is 2.24. The molecule has 0 fully saturated rings. The topological polar surface area (TPSA) is 58.6 Å². The molecule has 0 saturated heterocycles. The molecule has 0 heterocycles. The Bertz CT molecular complexity index is 423. The van der Waals surface area contributed by atoms with E-state index in [0.29, 0.717) is 18.9 Å². The van der Waals surface area contributed by atoms with Crippen LogP contribution in [0.4, 0.5) is 0 Å². The molecule has 0 bridgehead atoms. The van der Waals surface area contributed by atoms with Crippen LogP contribution in [-0.4, -0.2) is 36.9 Å². The second-order valence-corrected chi connectivity index (χ2v) is 6.01. The Morgan fingerprint density at radius 3 is 2.70 bits per heavy atom. The molecule has 1 amide bonds. The van der Waals surface area contributed by atoms with Crippen LogP contribution < -0.4 is 5.32 Å². The zero-order valence-corrected chi connectivity index (χ0v) is 13.5. The monoisotopic (exact) mass is 343 g/mol. The summed E-state index contributed by atoms with van der Waals surface area (Å²) in [5.41, 5.74) is 0.926. The average Bonchev–Trinajstić information content (AvgIpc) is 2.39. The molecule has 0 saturated carbocycles. The molecule has 1 unspecified atom stereocenters. The maximum absolute atomic E-state index is 11.8. The van der Waals surface area contributed by atoms with Gasteiger partial charge in [0.15, 0.2) is 0 Å². The van der Waals surface area contributed by atoms with E-state index in [2.05, 4.69) is 21.2 Å². The molecule has 1 rings (SSSR count). The number of rotatable bonds is 8. The normalized spacial score (nSPS) is 12.4. The predicted octanol–water partition coefficient (Wildman–Crippen LogP) is 2.14. The van der Waals surface area contributed by atoms with Gasteiger partial charge in [0, 0.05) is 17.6 Å². The van der Waals surface area contributed by atoms with Gasteiger partial charge in [0.05, 0.1) is 19.1 Å². The zero-order valence-electron chi connectivity index (χ0n) is 11.9. The van der Waals surface area contributed by atoms with Gasteiger partial charge >= 0.3 is 0 Å². The van der Waals surface area contributed by atoms with E-state index in [4.69, 9.17) is 4.74 Å². The van der Waals surface area contributed by atoms with Gasteiger partial charge in [0.25, 0.3) is 0 Å². The van der Waals surface area contributed by atoms with Crippen molar-refractivity contribution in [2.24, 2.45) is 5.92 Å². The number of nitrogens with one attached hydrogen (secondary N) is 1. The van der Waals surface area contributed by atoms with Crippen LogP contribution in [0.2, 0.25) is 0 Å². The third-order valence-electron chi connectivity index (χ3n) is 2.61. The van der Waals surface area contributed by atoms with Crippen molar-refractivity contribution in [3.63, 3.8) is 0 Å². The summed E-state index contributed by atoms with van der Waals surface area (Å²) >= 11 is 3.40. The highest BCUT2D eigenvalue weighted by molar-refractivity contribution is 9.10. The molecule has 0 aromatic heterocycles. The summed E-state index contributed by atoms with van der Waals surface area (Å²) < 4.78 is 6.23. The molecule has 1 aromatic rings. The maximum atomic E-state index is 11.8. The number of aliphatic hydroxyl groups excluding tert-OH is 1. The smallest absolute Gasteiger partial charge is 0.224 e. The molecular formula is C15H22BrNO3. The minimum absolute atomic E-state index is 0.111. The van der Waals surface area contributed by atoms with Crippen molar-refractivity contribution in [1.29, 1.82) is 0 Å². The summed E-state index contributed by atoms with van der Waals surface area (Å²) in [5.74, 6) is 0.326. The molecule has 0 aliphatic heterocycles. The molecule has 0 aliphatic rings. The second-order valence-electron chi connectivity index (χ2n) is 5.16. The van der Waals surface area contributed by atoms with E-state index in [1.54, 1.807) is 0 Å². The van der Waals surface area contributed by atoms with E-state index in [1.165, 1.54) is 0 Å². The third-order valence-corrected chi connectivity index (χ3v) is 3.38. The van der Waals surface area contributed by atoms with Crippen molar-refractivity contribution in [1.82, 2.24) is 5.32 Å². The SMILES string of the molecule is CC(C)COCC(O)CNC(=O)Cc1ccccc1Br. The Morgan fingerprint density at radius 1 is 1.35 bits per heavy atom. The van der Waals surface area contributed by atoms with Crippen molar-refractivity contribution in [3.8, 4) is 0 Å². The lowest BCUT2D eigenvalue weighted by Crippen LogP contribution is -2.35. The third kappa shape index (κ3) is 7.03. The summed E-state index contributed by atoms with van der Waals surface area (Å²) in [6.45, 7) is 5.16. The van der Waals surface area contributed by atoms with Crippen LogP contribution >= 0.6 is 15.9 Å². The minimum atomic E-state index is -0.670. The summed E-state index contributed by atoms with van der Waals surface area (Å²) in [5, 5.41) is 12.4. The average molecular weight is 344 g/mol. The number of carbonyl (C=O) groups excluding carboxylic acids is 1. The fraction of sp³-hybridized carbons (Fsp3) is 0.533. The van der Waals surface area contributed by atoms with Crippen LogP contribution in [-0.2, 0) is 16.0 Å². The minimum Gasteiger partial charge on any atom is -0.389 e. The Morgan fingerprint density at radius 2 is 2.05 bits per heavy atom. The van der Waals surface area contributed by atoms with E-state index in [0.717, 1.165) is 10.0 Å². The van der Waals surface area contributed by atoms with Gasteiger partial charge in [-0.25, -0.2) is 0 Å². The van der Waals surface area contributed by atoms with E-state index < -0.39 is 6.10 Å². The quantitative estimate of drug-likeness (QED) is 0.760. The zero-order chi connectivity index (χ0) is 15.0. The highest BCUT2D eigenvalue weighted by Crippen LogP contribution is 2.16. The lowest BCUT2D eigenvalue weighted by atomic mass is 10.1. The standard InChI is InChI=1S/C15H22BrNO3/c1-11(2)9-20-10-13(18)8-17-15(19)7-12-5-3-4-6-14(12)16/h3-6,11,13,18H,7-10H2,1-2H3,(H,17,19). The van der Waals surface area contributed by atoms with E-state index in [-0.39, 0.29) is 19.1 Å². The molecule has 0 aliphatic carbocycles. The van der Waals surface area contributed by atoms with E-state index >= 15 is 0 Å². The number of amides is 1. The maximum Gasteiger partial charge on any atom is 0.224 e. The van der Waals surface area contributed by atoms with Crippen LogP contribution in [0.1, 0.15) is 19.4 Å². The number of carbonyl (C=O) groups is 1. The number of hydrogen-bond donors (Lipinski definition) is 2. The van der Waals surface area contributed by atoms with Gasteiger partial charge in [-0.05, 0) is 17.5 Å². The fourth-order valence-electron chi connectivity index (χ4n) is 1.61. The predicted molar refractivity (Wildman–Crippen MR) is 82.5 cm³/mol. The lowest BCUT2D eigenvalue weighted by molar-refractivity contribution is -0.121. The summed E-state index contributed by atoms with van der Waals surface area (Å²) in [4.78, 5) is 11.8. The molecular weight excluding hydrogens is 322 g/mol. The molecule has 0 radical (unpaired) electrons. The van der Waals surface area contributed by atoms with Gasteiger partial charge in [0.1, 0.15) is 0 Å². The first-order chi connectivity index (χ1) is 9.49. The lowest BCUT2D eigenvalue weighted by Gasteiger charge is -2.13. The number of hydrogen-bond acceptors (Lipinski definition) is 3. The second kappa shape index (κ2) is 9.10. The van der Waals surface area contributed by atoms with Crippen LogP contribution in [0.25, 0.3) is 0 Å². The summed E-state index contributed by atoms with van der Waals surface area (Å²) in [6, 6.07) is 7.59. The van der Waals surface area contributed by atoms with Crippen molar-refractivity contribution >= 4 is 21.8 Å². The van der Waals surface area contributed by atoms with Crippen molar-refractivity contribution < 1.29 is 14.6 Å². The van der Waals surface area contributed by atoms with Gasteiger partial charge in [-0.15, -0.1) is 0 Å². The number of halogens is 1. The van der Waals surface area contributed by atoms with Gasteiger partial charge in [-0.3, -0.25) is 4.79 Å². The number of ether oxygens (including phenoxy) is 1. The fourth-order valence-corrected chi connectivity index (χ4v) is 2.03. The first-order valence-electron chi connectivity index (χ1n) is 6.75. The first kappa shape index (κ1) is 17.1. The number of aliphatic hydroxyl groups is 1. The molecule has 1 aromatic carbocycles. The largest absolute Gasteiger partial charge is 0.389 e. The highest BCUT2D eigenvalue weighted by atomic mass is 79.9. The van der Waals surface area contributed by atoms with Crippen molar-refractivity contribution in [2.45, 2.75) is 26.4 Å². The molecule has 1 atom stereocenters. The summed E-state index contributed by atoms with van der Waals surface area (Å²) in [7, 11) is 0. The van der Waals surface area contributed by atoms with Crippen molar-refractivity contribution in [3.05, 3.63) is 34.3 Å². The van der Waals surface area contributed by atoms with Crippen LogP contribution in [0.15, 0.2) is 28.7 Å². The van der Waals surface area contributed by atoms with Crippen LogP contribution in [0, 0.1) is 5.92 Å². The molecule has 4 nitrogen and oxygen atoms in total. The van der Waals surface area contributed by atoms with Gasteiger partial charge in [0.2, 0.25) is 5.91 Å². The molecule has 20 heavy (non-hydrogen) atoms.